The highest BCUT2D eigenvalue weighted by atomic mass is 79.9. The summed E-state index contributed by atoms with van der Waals surface area (Å²) in [6.07, 6.45) is 0. The van der Waals surface area contributed by atoms with Crippen molar-refractivity contribution in [2.45, 2.75) is 25.6 Å². The molecule has 128 valence electrons. The van der Waals surface area contributed by atoms with Crippen molar-refractivity contribution in [3.8, 4) is 5.75 Å². The molecule has 1 unspecified atom stereocenters. The van der Waals surface area contributed by atoms with Gasteiger partial charge in [-0.3, -0.25) is 4.79 Å². The number of amides is 1. The highest BCUT2D eigenvalue weighted by molar-refractivity contribution is 9.10. The topological polar surface area (TPSA) is 38.3 Å². The Labute approximate surface area is 156 Å². The van der Waals surface area contributed by atoms with Gasteiger partial charge in [-0.1, -0.05) is 46.3 Å². The first-order valence-electron chi connectivity index (χ1n) is 7.84. The molecule has 1 atom stereocenters. The van der Waals surface area contributed by atoms with E-state index in [2.05, 4.69) is 33.4 Å². The summed E-state index contributed by atoms with van der Waals surface area (Å²) in [6.45, 7) is 4.43. The number of rotatable bonds is 8. The fraction of sp³-hybridized carbons (Fsp3) is 0.316. The third kappa shape index (κ3) is 6.57. The molecule has 1 amide bonds. The van der Waals surface area contributed by atoms with Crippen LogP contribution >= 0.6 is 27.7 Å². The number of aryl methyl sites for hydroxylation is 1. The highest BCUT2D eigenvalue weighted by Gasteiger charge is 2.09. The van der Waals surface area contributed by atoms with Gasteiger partial charge in [0.15, 0.2) is 0 Å². The van der Waals surface area contributed by atoms with Crippen LogP contribution in [0.1, 0.15) is 18.1 Å². The fourth-order valence-electron chi connectivity index (χ4n) is 2.13. The van der Waals surface area contributed by atoms with Gasteiger partial charge in [-0.2, -0.15) is 0 Å². The predicted molar refractivity (Wildman–Crippen MR) is 105 cm³/mol. The van der Waals surface area contributed by atoms with Crippen LogP contribution in [0.15, 0.2) is 53.0 Å². The average Bonchev–Trinajstić information content (AvgIpc) is 2.56. The molecule has 2 rings (SSSR count). The Morgan fingerprint density at radius 2 is 1.92 bits per heavy atom. The molecule has 2 aromatic carbocycles. The Morgan fingerprint density at radius 1 is 1.21 bits per heavy atom. The van der Waals surface area contributed by atoms with Gasteiger partial charge in [0.25, 0.3) is 0 Å². The van der Waals surface area contributed by atoms with E-state index in [0.717, 1.165) is 21.5 Å². The van der Waals surface area contributed by atoms with Crippen LogP contribution < -0.4 is 10.1 Å². The van der Waals surface area contributed by atoms with E-state index >= 15 is 0 Å². The summed E-state index contributed by atoms with van der Waals surface area (Å²) in [5.74, 6) is 2.18. The summed E-state index contributed by atoms with van der Waals surface area (Å²) < 4.78 is 6.82. The van der Waals surface area contributed by atoms with Crippen LogP contribution in [0.2, 0.25) is 0 Å². The molecule has 24 heavy (non-hydrogen) atoms. The molecule has 0 aliphatic rings. The second-order valence-corrected chi connectivity index (χ2v) is 7.57. The van der Waals surface area contributed by atoms with Crippen molar-refractivity contribution in [3.63, 3.8) is 0 Å². The minimum absolute atomic E-state index is 0.0228. The molecule has 3 nitrogen and oxygen atoms in total. The lowest BCUT2D eigenvalue weighted by Gasteiger charge is -2.16. The monoisotopic (exact) mass is 407 g/mol. The summed E-state index contributed by atoms with van der Waals surface area (Å²) >= 11 is 5.03. The van der Waals surface area contributed by atoms with E-state index in [1.54, 1.807) is 11.8 Å². The summed E-state index contributed by atoms with van der Waals surface area (Å²) in [7, 11) is 0. The van der Waals surface area contributed by atoms with Gasteiger partial charge in [-0.25, -0.2) is 0 Å². The molecule has 0 radical (unpaired) electrons. The van der Waals surface area contributed by atoms with Crippen LogP contribution in [-0.4, -0.2) is 24.3 Å². The van der Waals surface area contributed by atoms with Gasteiger partial charge in [0.05, 0.1) is 11.8 Å². The van der Waals surface area contributed by atoms with Crippen molar-refractivity contribution in [2.24, 2.45) is 0 Å². The molecule has 1 N–H and O–H groups in total. The lowest BCUT2D eigenvalue weighted by molar-refractivity contribution is -0.119. The van der Waals surface area contributed by atoms with E-state index in [1.165, 1.54) is 5.56 Å². The van der Waals surface area contributed by atoms with E-state index in [0.29, 0.717) is 12.4 Å². The maximum absolute atomic E-state index is 12.0. The molecular formula is C19H22BrNO2S. The average molecular weight is 408 g/mol. The number of para-hydroxylation sites is 1. The molecule has 0 saturated heterocycles. The van der Waals surface area contributed by atoms with Gasteiger partial charge >= 0.3 is 0 Å². The SMILES string of the molecule is Cc1ccccc1OCC(C)NC(=O)CSCc1ccc(Br)cc1. The number of ether oxygens (including phenoxy) is 1. The van der Waals surface area contributed by atoms with Crippen LogP contribution in [0, 0.1) is 6.92 Å². The molecule has 0 spiro atoms. The van der Waals surface area contributed by atoms with Crippen molar-refractivity contribution in [2.75, 3.05) is 12.4 Å². The normalized spacial score (nSPS) is 11.8. The Kier molecular flexibility index (Phi) is 7.66. The first-order chi connectivity index (χ1) is 11.5. The van der Waals surface area contributed by atoms with Crippen LogP contribution in [-0.2, 0) is 10.5 Å². The van der Waals surface area contributed by atoms with E-state index in [-0.39, 0.29) is 11.9 Å². The first-order valence-corrected chi connectivity index (χ1v) is 9.79. The summed E-state index contributed by atoms with van der Waals surface area (Å²) in [5.41, 5.74) is 2.31. The quantitative estimate of drug-likeness (QED) is 0.695. The van der Waals surface area contributed by atoms with Crippen LogP contribution in [0.4, 0.5) is 0 Å². The van der Waals surface area contributed by atoms with E-state index in [4.69, 9.17) is 4.74 Å². The van der Waals surface area contributed by atoms with Crippen molar-refractivity contribution in [3.05, 3.63) is 64.1 Å². The molecular weight excluding hydrogens is 386 g/mol. The summed E-state index contributed by atoms with van der Waals surface area (Å²) in [4.78, 5) is 12.0. The molecule has 0 fully saturated rings. The Hall–Kier alpha value is -1.46. The maximum Gasteiger partial charge on any atom is 0.230 e. The van der Waals surface area contributed by atoms with Crippen molar-refractivity contribution in [1.82, 2.24) is 5.32 Å². The standard InChI is InChI=1S/C19H22BrNO2S/c1-14-5-3-4-6-18(14)23-11-15(2)21-19(22)13-24-12-16-7-9-17(20)10-8-16/h3-10,15H,11-13H2,1-2H3,(H,21,22). The zero-order valence-electron chi connectivity index (χ0n) is 13.9. The third-order valence-electron chi connectivity index (χ3n) is 3.40. The number of hydrogen-bond acceptors (Lipinski definition) is 3. The second kappa shape index (κ2) is 9.74. The Bertz CT molecular complexity index is 661. The van der Waals surface area contributed by atoms with Crippen LogP contribution in [0.25, 0.3) is 0 Å². The summed E-state index contributed by atoms with van der Waals surface area (Å²) in [6, 6.07) is 16.0. The molecule has 2 aromatic rings. The lowest BCUT2D eigenvalue weighted by atomic mass is 10.2. The second-order valence-electron chi connectivity index (χ2n) is 5.66. The van der Waals surface area contributed by atoms with Crippen LogP contribution in [0.3, 0.4) is 0 Å². The van der Waals surface area contributed by atoms with Gasteiger partial charge in [-0.15, -0.1) is 11.8 Å². The van der Waals surface area contributed by atoms with E-state index in [1.807, 2.05) is 50.2 Å². The largest absolute Gasteiger partial charge is 0.491 e. The minimum Gasteiger partial charge on any atom is -0.491 e. The zero-order valence-corrected chi connectivity index (χ0v) is 16.3. The molecule has 0 bridgehead atoms. The van der Waals surface area contributed by atoms with E-state index in [9.17, 15) is 4.79 Å². The number of nitrogens with one attached hydrogen (secondary N) is 1. The number of halogens is 1. The summed E-state index contributed by atoms with van der Waals surface area (Å²) in [5, 5.41) is 2.97. The number of carbonyl (C=O) groups excluding carboxylic acids is 1. The molecule has 0 aromatic heterocycles. The Morgan fingerprint density at radius 3 is 2.62 bits per heavy atom. The van der Waals surface area contributed by atoms with Gasteiger partial charge in [0.1, 0.15) is 12.4 Å². The van der Waals surface area contributed by atoms with Gasteiger partial charge in [0.2, 0.25) is 5.91 Å². The van der Waals surface area contributed by atoms with Crippen LogP contribution in [0.5, 0.6) is 5.75 Å². The highest BCUT2D eigenvalue weighted by Crippen LogP contribution is 2.17. The smallest absolute Gasteiger partial charge is 0.230 e. The maximum atomic E-state index is 12.0. The number of benzene rings is 2. The lowest BCUT2D eigenvalue weighted by Crippen LogP contribution is -2.37. The number of carbonyl (C=O) groups is 1. The third-order valence-corrected chi connectivity index (χ3v) is 4.94. The van der Waals surface area contributed by atoms with E-state index < -0.39 is 0 Å². The minimum atomic E-state index is -0.0228. The fourth-order valence-corrected chi connectivity index (χ4v) is 3.20. The molecule has 0 aliphatic heterocycles. The first kappa shape index (κ1) is 18.9. The van der Waals surface area contributed by atoms with Crippen molar-refractivity contribution in [1.29, 1.82) is 0 Å². The Balaban J connectivity index is 1.66. The zero-order chi connectivity index (χ0) is 17.4. The van der Waals surface area contributed by atoms with Crippen molar-refractivity contribution < 1.29 is 9.53 Å². The number of hydrogen-bond donors (Lipinski definition) is 1. The van der Waals surface area contributed by atoms with Gasteiger partial charge in [-0.05, 0) is 43.2 Å². The molecule has 0 aliphatic carbocycles. The molecule has 0 heterocycles. The van der Waals surface area contributed by atoms with Gasteiger partial charge < -0.3 is 10.1 Å². The number of thioether (sulfide) groups is 1. The van der Waals surface area contributed by atoms with Gasteiger partial charge in [0, 0.05) is 10.2 Å². The predicted octanol–water partition coefficient (Wildman–Crippen LogP) is 4.57. The molecule has 5 heteroatoms. The van der Waals surface area contributed by atoms with Crippen molar-refractivity contribution >= 4 is 33.6 Å². The molecule has 0 saturated carbocycles.